The Morgan fingerprint density at radius 3 is 2.37 bits per heavy atom. The van der Waals surface area contributed by atoms with Crippen LogP contribution in [0.5, 0.6) is 5.75 Å². The third-order valence-electron chi connectivity index (χ3n) is 3.23. The van der Waals surface area contributed by atoms with Crippen LogP contribution in [0.3, 0.4) is 0 Å². The number of carbonyl (C=O) groups excluding carboxylic acids is 1. The second kappa shape index (κ2) is 4.31. The Labute approximate surface area is 109 Å². The number of ether oxygens (including phenoxy) is 2. The van der Waals surface area contributed by atoms with Gasteiger partial charge in [-0.25, -0.2) is 4.79 Å². The zero-order chi connectivity index (χ0) is 13.4. The van der Waals surface area contributed by atoms with E-state index in [0.29, 0.717) is 5.56 Å². The van der Waals surface area contributed by atoms with Gasteiger partial charge in [0.05, 0.1) is 19.8 Å². The molecule has 3 aromatic rings. The highest BCUT2D eigenvalue weighted by Gasteiger charge is 2.10. The molecule has 1 aromatic heterocycles. The van der Waals surface area contributed by atoms with Gasteiger partial charge in [0.2, 0.25) is 0 Å². The molecule has 96 valence electrons. The van der Waals surface area contributed by atoms with Gasteiger partial charge >= 0.3 is 5.97 Å². The molecular formula is C15H13NO3. The Kier molecular flexibility index (Phi) is 2.63. The maximum atomic E-state index is 11.6. The lowest BCUT2D eigenvalue weighted by Crippen LogP contribution is -2.00. The Bertz CT molecular complexity index is 774. The Balaban J connectivity index is 2.30. The van der Waals surface area contributed by atoms with Crippen LogP contribution in [0.1, 0.15) is 10.4 Å². The Morgan fingerprint density at radius 1 is 1.00 bits per heavy atom. The zero-order valence-corrected chi connectivity index (χ0v) is 10.7. The van der Waals surface area contributed by atoms with Crippen LogP contribution in [0.25, 0.3) is 21.8 Å². The number of carbonyl (C=O) groups is 1. The first-order chi connectivity index (χ1) is 9.22. The minimum absolute atomic E-state index is 0.334. The van der Waals surface area contributed by atoms with E-state index < -0.39 is 0 Å². The standard InChI is InChI=1S/C15H13NO3/c1-18-10-4-6-14-12(8-10)11-7-9(15(17)19-2)3-5-13(11)16-14/h3-8,16H,1-2H3. The quantitative estimate of drug-likeness (QED) is 0.716. The molecule has 0 amide bonds. The molecule has 3 rings (SSSR count). The van der Waals surface area contributed by atoms with Gasteiger partial charge in [-0.05, 0) is 36.4 Å². The van der Waals surface area contributed by atoms with E-state index in [-0.39, 0.29) is 5.97 Å². The molecule has 0 aliphatic heterocycles. The molecule has 0 atom stereocenters. The molecule has 0 spiro atoms. The van der Waals surface area contributed by atoms with E-state index in [1.807, 2.05) is 30.3 Å². The molecule has 0 fully saturated rings. The molecule has 1 heterocycles. The fraction of sp³-hybridized carbons (Fsp3) is 0.133. The minimum atomic E-state index is -0.334. The van der Waals surface area contributed by atoms with E-state index in [0.717, 1.165) is 27.6 Å². The van der Waals surface area contributed by atoms with Crippen molar-refractivity contribution in [2.24, 2.45) is 0 Å². The summed E-state index contributed by atoms with van der Waals surface area (Å²) >= 11 is 0. The molecule has 0 aliphatic carbocycles. The molecule has 0 unspecified atom stereocenters. The van der Waals surface area contributed by atoms with Gasteiger partial charge in [-0.15, -0.1) is 0 Å². The molecule has 4 nitrogen and oxygen atoms in total. The number of rotatable bonds is 2. The largest absolute Gasteiger partial charge is 0.497 e. The number of methoxy groups -OCH3 is 2. The first kappa shape index (κ1) is 11.6. The Hall–Kier alpha value is -2.49. The summed E-state index contributed by atoms with van der Waals surface area (Å²) in [6.45, 7) is 0. The van der Waals surface area contributed by atoms with Gasteiger partial charge in [-0.1, -0.05) is 0 Å². The molecule has 2 aromatic carbocycles. The molecule has 1 N–H and O–H groups in total. The van der Waals surface area contributed by atoms with Crippen molar-refractivity contribution in [3.05, 3.63) is 42.0 Å². The first-order valence-corrected chi connectivity index (χ1v) is 5.90. The smallest absolute Gasteiger partial charge is 0.337 e. The lowest BCUT2D eigenvalue weighted by atomic mass is 10.1. The van der Waals surface area contributed by atoms with Crippen LogP contribution in [0.2, 0.25) is 0 Å². The van der Waals surface area contributed by atoms with E-state index >= 15 is 0 Å². The maximum Gasteiger partial charge on any atom is 0.337 e. The van der Waals surface area contributed by atoms with Gasteiger partial charge in [0.15, 0.2) is 0 Å². The molecule has 0 bridgehead atoms. The van der Waals surface area contributed by atoms with Crippen molar-refractivity contribution in [2.75, 3.05) is 14.2 Å². The van der Waals surface area contributed by atoms with Gasteiger partial charge < -0.3 is 14.5 Å². The summed E-state index contributed by atoms with van der Waals surface area (Å²) in [4.78, 5) is 14.9. The predicted octanol–water partition coefficient (Wildman–Crippen LogP) is 3.12. The summed E-state index contributed by atoms with van der Waals surface area (Å²) < 4.78 is 9.98. The SMILES string of the molecule is COC(=O)c1ccc2[nH]c3ccc(OC)cc3c2c1. The van der Waals surface area contributed by atoms with Crippen LogP contribution in [0.15, 0.2) is 36.4 Å². The summed E-state index contributed by atoms with van der Waals surface area (Å²) in [5.41, 5.74) is 2.53. The lowest BCUT2D eigenvalue weighted by molar-refractivity contribution is 0.0601. The third-order valence-corrected chi connectivity index (χ3v) is 3.23. The molecular weight excluding hydrogens is 242 g/mol. The van der Waals surface area contributed by atoms with Crippen LogP contribution in [0, 0.1) is 0 Å². The number of nitrogens with one attached hydrogen (secondary N) is 1. The van der Waals surface area contributed by atoms with Crippen LogP contribution in [-0.2, 0) is 4.74 Å². The second-order valence-electron chi connectivity index (χ2n) is 4.29. The van der Waals surface area contributed by atoms with Crippen molar-refractivity contribution in [1.82, 2.24) is 4.98 Å². The molecule has 0 radical (unpaired) electrons. The number of aromatic amines is 1. The number of aromatic nitrogens is 1. The fourth-order valence-corrected chi connectivity index (χ4v) is 2.25. The molecule has 0 saturated carbocycles. The normalized spacial score (nSPS) is 10.8. The van der Waals surface area contributed by atoms with Gasteiger partial charge in [-0.2, -0.15) is 0 Å². The van der Waals surface area contributed by atoms with Crippen LogP contribution in [-0.4, -0.2) is 25.2 Å². The van der Waals surface area contributed by atoms with Crippen LogP contribution < -0.4 is 4.74 Å². The zero-order valence-electron chi connectivity index (χ0n) is 10.7. The highest BCUT2D eigenvalue weighted by molar-refractivity contribution is 6.09. The summed E-state index contributed by atoms with van der Waals surface area (Å²) in [5, 5.41) is 2.01. The topological polar surface area (TPSA) is 51.3 Å². The van der Waals surface area contributed by atoms with E-state index in [4.69, 9.17) is 9.47 Å². The fourth-order valence-electron chi connectivity index (χ4n) is 2.25. The van der Waals surface area contributed by atoms with E-state index in [1.54, 1.807) is 13.2 Å². The van der Waals surface area contributed by atoms with E-state index in [9.17, 15) is 4.79 Å². The van der Waals surface area contributed by atoms with E-state index in [2.05, 4.69) is 4.98 Å². The summed E-state index contributed by atoms with van der Waals surface area (Å²) in [6, 6.07) is 11.3. The average molecular weight is 255 g/mol. The van der Waals surface area contributed by atoms with Crippen molar-refractivity contribution >= 4 is 27.8 Å². The van der Waals surface area contributed by atoms with E-state index in [1.165, 1.54) is 7.11 Å². The van der Waals surface area contributed by atoms with Crippen molar-refractivity contribution in [1.29, 1.82) is 0 Å². The number of benzene rings is 2. The predicted molar refractivity (Wildman–Crippen MR) is 73.7 cm³/mol. The second-order valence-corrected chi connectivity index (χ2v) is 4.29. The average Bonchev–Trinajstić information content (AvgIpc) is 2.83. The van der Waals surface area contributed by atoms with Crippen molar-refractivity contribution < 1.29 is 14.3 Å². The number of H-pyrrole nitrogens is 1. The minimum Gasteiger partial charge on any atom is -0.497 e. The van der Waals surface area contributed by atoms with Gasteiger partial charge in [0.1, 0.15) is 5.75 Å². The molecule has 19 heavy (non-hydrogen) atoms. The van der Waals surface area contributed by atoms with Crippen molar-refractivity contribution in [2.45, 2.75) is 0 Å². The van der Waals surface area contributed by atoms with Crippen LogP contribution in [0.4, 0.5) is 0 Å². The number of hydrogen-bond acceptors (Lipinski definition) is 3. The highest BCUT2D eigenvalue weighted by atomic mass is 16.5. The Morgan fingerprint density at radius 2 is 1.68 bits per heavy atom. The monoisotopic (exact) mass is 255 g/mol. The highest BCUT2D eigenvalue weighted by Crippen LogP contribution is 2.29. The van der Waals surface area contributed by atoms with Crippen molar-refractivity contribution in [3.8, 4) is 5.75 Å². The maximum absolute atomic E-state index is 11.6. The lowest BCUT2D eigenvalue weighted by Gasteiger charge is -2.00. The van der Waals surface area contributed by atoms with Gasteiger partial charge in [0.25, 0.3) is 0 Å². The third kappa shape index (κ3) is 1.81. The number of esters is 1. The summed E-state index contributed by atoms with van der Waals surface area (Å²) in [7, 11) is 3.01. The van der Waals surface area contributed by atoms with Crippen LogP contribution >= 0.6 is 0 Å². The molecule has 0 aliphatic rings. The van der Waals surface area contributed by atoms with Crippen molar-refractivity contribution in [3.63, 3.8) is 0 Å². The number of fused-ring (bicyclic) bond motifs is 3. The molecule has 0 saturated heterocycles. The summed E-state index contributed by atoms with van der Waals surface area (Å²) in [5.74, 6) is 0.455. The summed E-state index contributed by atoms with van der Waals surface area (Å²) in [6.07, 6.45) is 0. The van der Waals surface area contributed by atoms with Gasteiger partial charge in [-0.3, -0.25) is 0 Å². The number of hydrogen-bond donors (Lipinski definition) is 1. The van der Waals surface area contributed by atoms with Gasteiger partial charge in [0, 0.05) is 21.8 Å². The molecule has 4 heteroatoms. The first-order valence-electron chi connectivity index (χ1n) is 5.90.